The maximum atomic E-state index is 12.8. The lowest BCUT2D eigenvalue weighted by Gasteiger charge is -2.08. The van der Waals surface area contributed by atoms with E-state index in [1.807, 2.05) is 4.72 Å². The summed E-state index contributed by atoms with van der Waals surface area (Å²) in [6.07, 6.45) is 0. The zero-order valence-corrected chi connectivity index (χ0v) is 17.6. The molecule has 29 heavy (non-hydrogen) atoms. The molecule has 2 rings (SSSR count). The molecule has 9 nitrogen and oxygen atoms in total. The highest BCUT2D eigenvalue weighted by atomic mass is 32.2. The highest BCUT2D eigenvalue weighted by Crippen LogP contribution is 2.23. The highest BCUT2D eigenvalue weighted by molar-refractivity contribution is 7.90. The van der Waals surface area contributed by atoms with Crippen LogP contribution in [-0.2, 0) is 26.6 Å². The minimum Gasteiger partial charge on any atom is -0.461 e. The predicted molar refractivity (Wildman–Crippen MR) is 106 cm³/mol. The van der Waals surface area contributed by atoms with E-state index in [4.69, 9.17) is 4.74 Å². The fraction of sp³-hybridized carbons (Fsp3) is 0.316. The van der Waals surface area contributed by atoms with E-state index in [9.17, 15) is 22.8 Å². The van der Waals surface area contributed by atoms with E-state index in [2.05, 4.69) is 5.32 Å². The molecule has 0 aliphatic carbocycles. The normalized spacial score (nSPS) is 11.1. The van der Waals surface area contributed by atoms with Gasteiger partial charge >= 0.3 is 5.97 Å². The second-order valence-corrected chi connectivity index (χ2v) is 8.04. The van der Waals surface area contributed by atoms with Crippen molar-refractivity contribution in [2.45, 2.75) is 32.6 Å². The smallest absolute Gasteiger partial charge is 0.355 e. The van der Waals surface area contributed by atoms with Crippen LogP contribution in [0, 0.1) is 13.8 Å². The second-order valence-electron chi connectivity index (χ2n) is 6.35. The summed E-state index contributed by atoms with van der Waals surface area (Å²) in [7, 11) is -2.28. The fourth-order valence-corrected chi connectivity index (χ4v) is 3.95. The molecule has 1 aromatic heterocycles. The van der Waals surface area contributed by atoms with Gasteiger partial charge in [0.25, 0.3) is 15.9 Å². The monoisotopic (exact) mass is 421 g/mol. The van der Waals surface area contributed by atoms with Crippen molar-refractivity contribution in [3.05, 3.63) is 46.8 Å². The lowest BCUT2D eigenvalue weighted by Crippen LogP contribution is -2.28. The summed E-state index contributed by atoms with van der Waals surface area (Å²) >= 11 is 0. The average molecular weight is 421 g/mol. The van der Waals surface area contributed by atoms with Crippen molar-refractivity contribution in [1.29, 1.82) is 0 Å². The van der Waals surface area contributed by atoms with Crippen molar-refractivity contribution in [3.8, 4) is 0 Å². The highest BCUT2D eigenvalue weighted by Gasteiger charge is 2.25. The molecule has 0 fully saturated rings. The number of carbonyl (C=O) groups excluding carboxylic acids is 3. The standard InChI is InChI=1S/C19H23N3O6S/c1-6-28-19(25)17-11(2)16(12(3)22(17)5)18(24)20-14-7-9-15(10-8-14)29(26,27)21-13(4)23/h7-10H,6H2,1-5H3,(H,20,24)(H,21,23). The molecule has 0 bridgehead atoms. The maximum absolute atomic E-state index is 12.8. The van der Waals surface area contributed by atoms with Crippen molar-refractivity contribution in [3.63, 3.8) is 0 Å². The lowest BCUT2D eigenvalue weighted by molar-refractivity contribution is -0.117. The molecular formula is C19H23N3O6S. The number of nitrogens with zero attached hydrogens (tertiary/aromatic N) is 1. The Balaban J connectivity index is 2.28. The maximum Gasteiger partial charge on any atom is 0.355 e. The zero-order chi connectivity index (χ0) is 21.9. The van der Waals surface area contributed by atoms with Crippen molar-refractivity contribution in [1.82, 2.24) is 9.29 Å². The molecule has 1 heterocycles. The quantitative estimate of drug-likeness (QED) is 0.687. The molecule has 0 saturated carbocycles. The third kappa shape index (κ3) is 4.65. The van der Waals surface area contributed by atoms with Gasteiger partial charge in [0.05, 0.1) is 17.1 Å². The molecule has 156 valence electrons. The first-order valence-electron chi connectivity index (χ1n) is 8.77. The molecule has 1 aromatic carbocycles. The van der Waals surface area contributed by atoms with Crippen LogP contribution in [0.4, 0.5) is 5.69 Å². The number of aromatic nitrogens is 1. The molecule has 0 atom stereocenters. The van der Waals surface area contributed by atoms with Crippen LogP contribution in [-0.4, -0.2) is 37.4 Å². The Morgan fingerprint density at radius 1 is 1.10 bits per heavy atom. The van der Waals surface area contributed by atoms with Crippen LogP contribution < -0.4 is 10.0 Å². The molecule has 0 spiro atoms. The van der Waals surface area contributed by atoms with Gasteiger partial charge in [-0.1, -0.05) is 0 Å². The minimum atomic E-state index is -3.95. The van der Waals surface area contributed by atoms with Crippen molar-refractivity contribution in [2.75, 3.05) is 11.9 Å². The van der Waals surface area contributed by atoms with Crippen molar-refractivity contribution in [2.24, 2.45) is 7.05 Å². The van der Waals surface area contributed by atoms with Gasteiger partial charge in [0.2, 0.25) is 5.91 Å². The van der Waals surface area contributed by atoms with Gasteiger partial charge in [-0.25, -0.2) is 17.9 Å². The Labute approximate surface area is 169 Å². The molecule has 2 amide bonds. The van der Waals surface area contributed by atoms with Gasteiger partial charge in [-0.2, -0.15) is 0 Å². The number of hydrogen-bond donors (Lipinski definition) is 2. The third-order valence-electron chi connectivity index (χ3n) is 4.33. The zero-order valence-electron chi connectivity index (χ0n) is 16.8. The number of benzene rings is 1. The van der Waals surface area contributed by atoms with Crippen LogP contribution in [0.3, 0.4) is 0 Å². The summed E-state index contributed by atoms with van der Waals surface area (Å²) in [4.78, 5) is 35.8. The number of esters is 1. The van der Waals surface area contributed by atoms with Gasteiger partial charge in [0.15, 0.2) is 0 Å². The van der Waals surface area contributed by atoms with Crippen LogP contribution in [0.2, 0.25) is 0 Å². The van der Waals surface area contributed by atoms with Crippen molar-refractivity contribution >= 4 is 33.5 Å². The lowest BCUT2D eigenvalue weighted by atomic mass is 10.1. The summed E-state index contributed by atoms with van der Waals surface area (Å²) in [5.74, 6) is -1.65. The first-order valence-corrected chi connectivity index (χ1v) is 10.3. The average Bonchev–Trinajstić information content (AvgIpc) is 2.83. The van der Waals surface area contributed by atoms with Crippen LogP contribution in [0.15, 0.2) is 29.2 Å². The Morgan fingerprint density at radius 3 is 2.21 bits per heavy atom. The predicted octanol–water partition coefficient (Wildman–Crippen LogP) is 1.90. The van der Waals surface area contributed by atoms with Gasteiger partial charge in [0.1, 0.15) is 5.69 Å². The third-order valence-corrected chi connectivity index (χ3v) is 5.78. The molecule has 0 aliphatic rings. The molecule has 0 unspecified atom stereocenters. The Kier molecular flexibility index (Phi) is 6.48. The fourth-order valence-electron chi connectivity index (χ4n) is 2.96. The SMILES string of the molecule is CCOC(=O)c1c(C)c(C(=O)Nc2ccc(S(=O)(=O)NC(C)=O)cc2)c(C)n1C. The Hall–Kier alpha value is -3.14. The number of anilines is 1. The second kappa shape index (κ2) is 8.48. The van der Waals surface area contributed by atoms with E-state index >= 15 is 0 Å². The summed E-state index contributed by atoms with van der Waals surface area (Å²) in [5.41, 5.74) is 2.08. The summed E-state index contributed by atoms with van der Waals surface area (Å²) < 4.78 is 32.5. The molecule has 10 heteroatoms. The van der Waals surface area contributed by atoms with Gasteiger partial charge in [-0.3, -0.25) is 9.59 Å². The molecule has 0 radical (unpaired) electrons. The van der Waals surface area contributed by atoms with E-state index in [0.717, 1.165) is 6.92 Å². The first-order chi connectivity index (χ1) is 13.5. The molecular weight excluding hydrogens is 398 g/mol. The van der Waals surface area contributed by atoms with E-state index in [-0.39, 0.29) is 11.5 Å². The van der Waals surface area contributed by atoms with E-state index < -0.39 is 27.8 Å². The van der Waals surface area contributed by atoms with Gasteiger partial charge < -0.3 is 14.6 Å². The molecule has 2 N–H and O–H groups in total. The summed E-state index contributed by atoms with van der Waals surface area (Å²) in [6.45, 7) is 6.40. The topological polar surface area (TPSA) is 124 Å². The number of ether oxygens (including phenoxy) is 1. The van der Waals surface area contributed by atoms with Gasteiger partial charge in [0, 0.05) is 25.4 Å². The van der Waals surface area contributed by atoms with Crippen LogP contribution >= 0.6 is 0 Å². The number of rotatable bonds is 6. The number of carbonyl (C=O) groups is 3. The molecule has 0 saturated heterocycles. The van der Waals surface area contributed by atoms with Crippen LogP contribution in [0.25, 0.3) is 0 Å². The molecule has 0 aliphatic heterocycles. The first kappa shape index (κ1) is 22.2. The van der Waals surface area contributed by atoms with E-state index in [1.54, 1.807) is 32.4 Å². The van der Waals surface area contributed by atoms with Crippen molar-refractivity contribution < 1.29 is 27.5 Å². The Morgan fingerprint density at radius 2 is 1.69 bits per heavy atom. The van der Waals surface area contributed by atoms with Crippen LogP contribution in [0.1, 0.15) is 46.0 Å². The number of nitrogens with one attached hydrogen (secondary N) is 2. The largest absolute Gasteiger partial charge is 0.461 e. The Bertz CT molecular complexity index is 1070. The summed E-state index contributed by atoms with van der Waals surface area (Å²) in [5, 5.41) is 2.68. The number of amides is 2. The number of sulfonamides is 1. The van der Waals surface area contributed by atoms with E-state index in [1.165, 1.54) is 24.3 Å². The molecule has 2 aromatic rings. The van der Waals surface area contributed by atoms with Gasteiger partial charge in [-0.05, 0) is 50.6 Å². The van der Waals surface area contributed by atoms with Crippen LogP contribution in [0.5, 0.6) is 0 Å². The van der Waals surface area contributed by atoms with E-state index in [0.29, 0.717) is 28.2 Å². The number of hydrogen-bond acceptors (Lipinski definition) is 6. The minimum absolute atomic E-state index is 0.109. The summed E-state index contributed by atoms with van der Waals surface area (Å²) in [6, 6.07) is 5.37. The van der Waals surface area contributed by atoms with Gasteiger partial charge in [-0.15, -0.1) is 0 Å².